The van der Waals surface area contributed by atoms with Crippen LogP contribution in [0.3, 0.4) is 0 Å². The Morgan fingerprint density at radius 2 is 2.08 bits per heavy atom. The summed E-state index contributed by atoms with van der Waals surface area (Å²) >= 11 is 5.38. The monoisotopic (exact) mass is 377 g/mol. The fraction of sp³-hybridized carbons (Fsp3) is 0.600. The molecule has 0 aromatic heterocycles. The van der Waals surface area contributed by atoms with Crippen molar-refractivity contribution in [1.82, 2.24) is 10.2 Å². The van der Waals surface area contributed by atoms with E-state index in [0.717, 1.165) is 36.7 Å². The minimum Gasteiger partial charge on any atom is -0.462 e. The first-order valence-electron chi connectivity index (χ1n) is 9.54. The normalized spacial score (nSPS) is 15.5. The third kappa shape index (κ3) is 6.57. The molecular weight excluding hydrogens is 346 g/mol. The second-order valence-electron chi connectivity index (χ2n) is 7.01. The van der Waals surface area contributed by atoms with Gasteiger partial charge in [0, 0.05) is 12.2 Å². The van der Waals surface area contributed by atoms with Gasteiger partial charge in [0.05, 0.1) is 12.2 Å². The molecule has 0 aliphatic carbocycles. The van der Waals surface area contributed by atoms with Gasteiger partial charge in [-0.2, -0.15) is 0 Å². The van der Waals surface area contributed by atoms with Gasteiger partial charge in [-0.25, -0.2) is 4.79 Å². The van der Waals surface area contributed by atoms with Gasteiger partial charge in [0.25, 0.3) is 0 Å². The molecule has 1 saturated heterocycles. The van der Waals surface area contributed by atoms with Gasteiger partial charge in [0.15, 0.2) is 5.11 Å². The van der Waals surface area contributed by atoms with E-state index >= 15 is 0 Å². The van der Waals surface area contributed by atoms with E-state index in [1.165, 1.54) is 25.9 Å². The van der Waals surface area contributed by atoms with E-state index in [1.54, 1.807) is 13.0 Å². The van der Waals surface area contributed by atoms with E-state index in [0.29, 0.717) is 17.3 Å². The molecule has 0 unspecified atom stereocenters. The number of hydrogen-bond donors (Lipinski definition) is 2. The van der Waals surface area contributed by atoms with Crippen LogP contribution >= 0.6 is 12.2 Å². The Kier molecular flexibility index (Phi) is 8.32. The molecule has 1 fully saturated rings. The molecule has 0 spiro atoms. The molecule has 144 valence electrons. The first kappa shape index (κ1) is 20.6. The van der Waals surface area contributed by atoms with Crippen molar-refractivity contribution in [3.63, 3.8) is 0 Å². The number of nitrogens with one attached hydrogen (secondary N) is 2. The topological polar surface area (TPSA) is 53.6 Å². The van der Waals surface area contributed by atoms with E-state index in [1.807, 2.05) is 19.1 Å². The van der Waals surface area contributed by atoms with Gasteiger partial charge in [-0.1, -0.05) is 6.92 Å². The predicted octanol–water partition coefficient (Wildman–Crippen LogP) is 3.58. The number of thiocarbonyl (C=S) groups is 1. The van der Waals surface area contributed by atoms with Crippen LogP contribution in [-0.4, -0.2) is 48.8 Å². The smallest absolute Gasteiger partial charge is 0.338 e. The number of anilines is 1. The Labute approximate surface area is 162 Å². The molecule has 1 heterocycles. The van der Waals surface area contributed by atoms with Gasteiger partial charge >= 0.3 is 5.97 Å². The van der Waals surface area contributed by atoms with Gasteiger partial charge in [-0.3, -0.25) is 0 Å². The van der Waals surface area contributed by atoms with Crippen LogP contribution < -0.4 is 10.6 Å². The van der Waals surface area contributed by atoms with Gasteiger partial charge in [-0.15, -0.1) is 0 Å². The summed E-state index contributed by atoms with van der Waals surface area (Å²) in [7, 11) is 0. The SMILES string of the molecule is CCOC(=O)c1ccc(NC(=S)NCCCN2CCC(C)CC2)c(C)c1. The number of aryl methyl sites for hydroxylation is 1. The minimum atomic E-state index is -0.296. The van der Waals surface area contributed by atoms with Crippen LogP contribution in [0.25, 0.3) is 0 Å². The quantitative estimate of drug-likeness (QED) is 0.430. The molecule has 0 saturated carbocycles. The first-order chi connectivity index (χ1) is 12.5. The number of nitrogens with zero attached hydrogens (tertiary/aromatic N) is 1. The molecule has 5 nitrogen and oxygen atoms in total. The fourth-order valence-electron chi connectivity index (χ4n) is 3.10. The van der Waals surface area contributed by atoms with E-state index < -0.39 is 0 Å². The number of likely N-dealkylation sites (tertiary alicyclic amines) is 1. The van der Waals surface area contributed by atoms with Gasteiger partial charge in [0.1, 0.15) is 0 Å². The highest BCUT2D eigenvalue weighted by Gasteiger charge is 2.14. The predicted molar refractivity (Wildman–Crippen MR) is 111 cm³/mol. The van der Waals surface area contributed by atoms with Gasteiger partial charge < -0.3 is 20.3 Å². The highest BCUT2D eigenvalue weighted by atomic mass is 32.1. The van der Waals surface area contributed by atoms with E-state index in [9.17, 15) is 4.79 Å². The molecule has 1 aliphatic heterocycles. The number of ether oxygens (including phenoxy) is 1. The second kappa shape index (κ2) is 10.5. The number of benzene rings is 1. The summed E-state index contributed by atoms with van der Waals surface area (Å²) in [4.78, 5) is 14.3. The number of piperidine rings is 1. The van der Waals surface area contributed by atoms with Crippen LogP contribution in [0.15, 0.2) is 18.2 Å². The van der Waals surface area contributed by atoms with Gasteiger partial charge in [-0.05, 0) is 94.6 Å². The van der Waals surface area contributed by atoms with E-state index in [4.69, 9.17) is 17.0 Å². The Balaban J connectivity index is 1.71. The molecular formula is C20H31N3O2S. The minimum absolute atomic E-state index is 0.296. The summed E-state index contributed by atoms with van der Waals surface area (Å²) < 4.78 is 5.02. The maximum absolute atomic E-state index is 11.8. The molecule has 0 atom stereocenters. The average molecular weight is 378 g/mol. The summed E-state index contributed by atoms with van der Waals surface area (Å²) in [5, 5.41) is 7.09. The van der Waals surface area contributed by atoms with Crippen LogP contribution in [-0.2, 0) is 4.74 Å². The third-order valence-corrected chi connectivity index (χ3v) is 5.05. The number of carbonyl (C=O) groups is 1. The molecule has 1 aromatic carbocycles. The van der Waals surface area contributed by atoms with E-state index in [-0.39, 0.29) is 5.97 Å². The van der Waals surface area contributed by atoms with Crippen molar-refractivity contribution in [2.75, 3.05) is 38.1 Å². The zero-order valence-corrected chi connectivity index (χ0v) is 17.0. The van der Waals surface area contributed by atoms with Crippen molar-refractivity contribution in [3.05, 3.63) is 29.3 Å². The standard InChI is InChI=1S/C20H31N3O2S/c1-4-25-19(24)17-6-7-18(16(3)14-17)22-20(26)21-10-5-11-23-12-8-15(2)9-13-23/h6-7,14-15H,4-5,8-13H2,1-3H3,(H2,21,22,26). The lowest BCUT2D eigenvalue weighted by Crippen LogP contribution is -2.36. The van der Waals surface area contributed by atoms with Crippen LogP contribution in [0.5, 0.6) is 0 Å². The third-order valence-electron chi connectivity index (χ3n) is 4.80. The summed E-state index contributed by atoms with van der Waals surface area (Å²) in [6, 6.07) is 5.44. The van der Waals surface area contributed by atoms with Crippen molar-refractivity contribution in [2.24, 2.45) is 5.92 Å². The van der Waals surface area contributed by atoms with Crippen molar-refractivity contribution in [1.29, 1.82) is 0 Å². The van der Waals surface area contributed by atoms with Crippen molar-refractivity contribution in [2.45, 2.75) is 40.0 Å². The molecule has 2 N–H and O–H groups in total. The molecule has 0 radical (unpaired) electrons. The summed E-state index contributed by atoms with van der Waals surface area (Å²) in [6.07, 6.45) is 3.71. The van der Waals surface area contributed by atoms with Crippen molar-refractivity contribution < 1.29 is 9.53 Å². The summed E-state index contributed by atoms with van der Waals surface area (Å²) in [6.45, 7) is 10.9. The second-order valence-corrected chi connectivity index (χ2v) is 7.42. The number of hydrogen-bond acceptors (Lipinski definition) is 4. The molecule has 0 bridgehead atoms. The highest BCUT2D eigenvalue weighted by Crippen LogP contribution is 2.17. The number of esters is 1. The van der Waals surface area contributed by atoms with Crippen LogP contribution in [0.4, 0.5) is 5.69 Å². The summed E-state index contributed by atoms with van der Waals surface area (Å²) in [5.74, 6) is 0.578. The molecule has 0 amide bonds. The zero-order chi connectivity index (χ0) is 18.9. The lowest BCUT2D eigenvalue weighted by molar-refractivity contribution is 0.0526. The van der Waals surface area contributed by atoms with E-state index in [2.05, 4.69) is 22.5 Å². The lowest BCUT2D eigenvalue weighted by Gasteiger charge is -2.30. The van der Waals surface area contributed by atoms with Crippen LogP contribution in [0.2, 0.25) is 0 Å². The number of carbonyl (C=O) groups excluding carboxylic acids is 1. The Morgan fingerprint density at radius 3 is 2.73 bits per heavy atom. The largest absolute Gasteiger partial charge is 0.462 e. The Hall–Kier alpha value is -1.66. The van der Waals surface area contributed by atoms with Crippen molar-refractivity contribution in [3.8, 4) is 0 Å². The fourth-order valence-corrected chi connectivity index (χ4v) is 3.31. The van der Waals surface area contributed by atoms with Crippen LogP contribution in [0, 0.1) is 12.8 Å². The molecule has 26 heavy (non-hydrogen) atoms. The number of rotatable bonds is 7. The first-order valence-corrected chi connectivity index (χ1v) is 9.95. The molecule has 6 heteroatoms. The Bertz CT molecular complexity index is 613. The maximum Gasteiger partial charge on any atom is 0.338 e. The van der Waals surface area contributed by atoms with Crippen molar-refractivity contribution >= 4 is 29.0 Å². The summed E-state index contributed by atoms with van der Waals surface area (Å²) in [5.41, 5.74) is 2.42. The lowest BCUT2D eigenvalue weighted by atomic mass is 9.99. The average Bonchev–Trinajstić information content (AvgIpc) is 2.62. The molecule has 1 aliphatic rings. The van der Waals surface area contributed by atoms with Gasteiger partial charge in [0.2, 0.25) is 0 Å². The zero-order valence-electron chi connectivity index (χ0n) is 16.1. The highest BCUT2D eigenvalue weighted by molar-refractivity contribution is 7.80. The molecule has 1 aromatic rings. The van der Waals surface area contributed by atoms with Crippen LogP contribution in [0.1, 0.15) is 49.0 Å². The Morgan fingerprint density at radius 1 is 1.35 bits per heavy atom. The molecule has 2 rings (SSSR count). The maximum atomic E-state index is 11.8.